The first-order chi connectivity index (χ1) is 9.97. The monoisotopic (exact) mass is 294 g/mol. The lowest BCUT2D eigenvalue weighted by Crippen LogP contribution is -2.43. The molecule has 7 heteroatoms. The van der Waals surface area contributed by atoms with Crippen molar-refractivity contribution in [3.8, 4) is 0 Å². The summed E-state index contributed by atoms with van der Waals surface area (Å²) in [5, 5.41) is 16.1. The summed E-state index contributed by atoms with van der Waals surface area (Å²) in [6.45, 7) is 4.95. The molecule has 0 bridgehead atoms. The zero-order valence-electron chi connectivity index (χ0n) is 12.5. The molecule has 0 spiro atoms. The first kappa shape index (κ1) is 15.5. The molecule has 0 saturated heterocycles. The number of nitrogens with zero attached hydrogens (tertiary/aromatic N) is 4. The number of carbonyl (C=O) groups excluding carboxylic acids is 1. The van der Waals surface area contributed by atoms with E-state index in [1.807, 2.05) is 4.90 Å². The SMILES string of the molecule is CC(C)CN(C(=O)Cn1cc(C(=O)O)nn1)C1CCCC1. The van der Waals surface area contributed by atoms with E-state index < -0.39 is 5.97 Å². The maximum absolute atomic E-state index is 12.5. The van der Waals surface area contributed by atoms with Crippen molar-refractivity contribution in [2.45, 2.75) is 52.1 Å². The van der Waals surface area contributed by atoms with Crippen molar-refractivity contribution in [3.05, 3.63) is 11.9 Å². The fraction of sp³-hybridized carbons (Fsp3) is 0.714. The van der Waals surface area contributed by atoms with Gasteiger partial charge in [0, 0.05) is 12.6 Å². The Kier molecular flexibility index (Phi) is 4.93. The highest BCUT2D eigenvalue weighted by molar-refractivity contribution is 5.84. The fourth-order valence-electron chi connectivity index (χ4n) is 2.77. The second-order valence-corrected chi connectivity index (χ2v) is 5.98. The van der Waals surface area contributed by atoms with E-state index in [1.165, 1.54) is 23.7 Å². The second-order valence-electron chi connectivity index (χ2n) is 5.98. The van der Waals surface area contributed by atoms with Crippen LogP contribution in [0.1, 0.15) is 50.0 Å². The van der Waals surface area contributed by atoms with Crippen LogP contribution in [0.3, 0.4) is 0 Å². The van der Waals surface area contributed by atoms with E-state index in [0.29, 0.717) is 12.0 Å². The second kappa shape index (κ2) is 6.69. The lowest BCUT2D eigenvalue weighted by atomic mass is 10.1. The molecule has 1 saturated carbocycles. The summed E-state index contributed by atoms with van der Waals surface area (Å²) in [7, 11) is 0. The van der Waals surface area contributed by atoms with E-state index in [0.717, 1.165) is 19.4 Å². The molecule has 0 unspecified atom stereocenters. The summed E-state index contributed by atoms with van der Waals surface area (Å²) in [5.41, 5.74) is -0.140. The molecule has 1 aliphatic rings. The topological polar surface area (TPSA) is 88.3 Å². The summed E-state index contributed by atoms with van der Waals surface area (Å²) in [6.07, 6.45) is 5.73. The zero-order valence-corrected chi connectivity index (χ0v) is 12.5. The minimum Gasteiger partial charge on any atom is -0.476 e. The third-order valence-electron chi connectivity index (χ3n) is 3.70. The summed E-state index contributed by atoms with van der Waals surface area (Å²) in [4.78, 5) is 25.2. The van der Waals surface area contributed by atoms with Gasteiger partial charge in [-0.1, -0.05) is 31.9 Å². The lowest BCUT2D eigenvalue weighted by Gasteiger charge is -2.30. The number of rotatable bonds is 6. The van der Waals surface area contributed by atoms with Gasteiger partial charge in [-0.25, -0.2) is 9.48 Å². The molecular weight excluding hydrogens is 272 g/mol. The van der Waals surface area contributed by atoms with Gasteiger partial charge in [0.1, 0.15) is 6.54 Å². The summed E-state index contributed by atoms with van der Waals surface area (Å²) in [6, 6.07) is 0.308. The van der Waals surface area contributed by atoms with Crippen LogP contribution in [-0.4, -0.2) is 49.5 Å². The van der Waals surface area contributed by atoms with Crippen molar-refractivity contribution in [2.24, 2.45) is 5.92 Å². The van der Waals surface area contributed by atoms with Crippen LogP contribution in [0.4, 0.5) is 0 Å². The van der Waals surface area contributed by atoms with Crippen molar-refractivity contribution in [1.82, 2.24) is 19.9 Å². The van der Waals surface area contributed by atoms with E-state index in [1.54, 1.807) is 0 Å². The fourth-order valence-corrected chi connectivity index (χ4v) is 2.77. The number of hydrogen-bond donors (Lipinski definition) is 1. The van der Waals surface area contributed by atoms with Crippen LogP contribution in [0.15, 0.2) is 6.20 Å². The van der Waals surface area contributed by atoms with Crippen molar-refractivity contribution in [1.29, 1.82) is 0 Å². The molecule has 1 fully saturated rings. The predicted molar refractivity (Wildman–Crippen MR) is 75.8 cm³/mol. The third-order valence-corrected chi connectivity index (χ3v) is 3.70. The van der Waals surface area contributed by atoms with Crippen molar-refractivity contribution < 1.29 is 14.7 Å². The minimum atomic E-state index is -1.14. The molecule has 0 aliphatic heterocycles. The van der Waals surface area contributed by atoms with Gasteiger partial charge < -0.3 is 10.0 Å². The molecule has 7 nitrogen and oxygen atoms in total. The van der Waals surface area contributed by atoms with Gasteiger partial charge >= 0.3 is 5.97 Å². The molecule has 1 N–H and O–H groups in total. The highest BCUT2D eigenvalue weighted by atomic mass is 16.4. The van der Waals surface area contributed by atoms with Crippen LogP contribution in [-0.2, 0) is 11.3 Å². The summed E-state index contributed by atoms with van der Waals surface area (Å²) >= 11 is 0. The summed E-state index contributed by atoms with van der Waals surface area (Å²) in [5.74, 6) is -0.749. The van der Waals surface area contributed by atoms with Crippen LogP contribution < -0.4 is 0 Å². The average Bonchev–Trinajstić information content (AvgIpc) is 3.06. The molecular formula is C14H22N4O3. The smallest absolute Gasteiger partial charge is 0.358 e. The first-order valence-corrected chi connectivity index (χ1v) is 7.40. The third kappa shape index (κ3) is 4.03. The average molecular weight is 294 g/mol. The Morgan fingerprint density at radius 1 is 1.43 bits per heavy atom. The Balaban J connectivity index is 2.04. The predicted octanol–water partition coefficient (Wildman–Crippen LogP) is 1.40. The molecule has 0 radical (unpaired) electrons. The normalized spacial score (nSPS) is 15.6. The molecule has 1 heterocycles. The van der Waals surface area contributed by atoms with Gasteiger partial charge in [-0.15, -0.1) is 5.10 Å². The van der Waals surface area contributed by atoms with Crippen LogP contribution in [0.5, 0.6) is 0 Å². The molecule has 0 aromatic carbocycles. The maximum Gasteiger partial charge on any atom is 0.358 e. The van der Waals surface area contributed by atoms with Gasteiger partial charge in [-0.2, -0.15) is 0 Å². The Morgan fingerprint density at radius 3 is 2.62 bits per heavy atom. The highest BCUT2D eigenvalue weighted by Gasteiger charge is 2.27. The van der Waals surface area contributed by atoms with Crippen LogP contribution in [0.2, 0.25) is 0 Å². The Morgan fingerprint density at radius 2 is 2.10 bits per heavy atom. The lowest BCUT2D eigenvalue weighted by molar-refractivity contribution is -0.135. The number of carbonyl (C=O) groups is 2. The molecule has 1 aromatic rings. The van der Waals surface area contributed by atoms with Gasteiger partial charge in [0.15, 0.2) is 5.69 Å². The van der Waals surface area contributed by atoms with Crippen molar-refractivity contribution in [3.63, 3.8) is 0 Å². The molecule has 2 rings (SSSR count). The Bertz CT molecular complexity index is 506. The van der Waals surface area contributed by atoms with Gasteiger partial charge in [0.05, 0.1) is 6.20 Å². The Labute approximate surface area is 123 Å². The van der Waals surface area contributed by atoms with E-state index >= 15 is 0 Å². The van der Waals surface area contributed by atoms with Crippen LogP contribution in [0.25, 0.3) is 0 Å². The number of amides is 1. The first-order valence-electron chi connectivity index (χ1n) is 7.40. The van der Waals surface area contributed by atoms with Gasteiger partial charge in [-0.3, -0.25) is 4.79 Å². The van der Waals surface area contributed by atoms with Gasteiger partial charge in [-0.05, 0) is 18.8 Å². The minimum absolute atomic E-state index is 0.0163. The van der Waals surface area contributed by atoms with E-state index in [2.05, 4.69) is 24.2 Å². The molecule has 0 atom stereocenters. The largest absolute Gasteiger partial charge is 0.476 e. The number of carboxylic acid groups (broad SMARTS) is 1. The van der Waals surface area contributed by atoms with Crippen LogP contribution >= 0.6 is 0 Å². The number of hydrogen-bond acceptors (Lipinski definition) is 4. The maximum atomic E-state index is 12.5. The Hall–Kier alpha value is -1.92. The van der Waals surface area contributed by atoms with Gasteiger partial charge in [0.2, 0.25) is 5.91 Å². The number of aromatic nitrogens is 3. The summed E-state index contributed by atoms with van der Waals surface area (Å²) < 4.78 is 1.30. The van der Waals surface area contributed by atoms with E-state index in [9.17, 15) is 9.59 Å². The quantitative estimate of drug-likeness (QED) is 0.856. The number of aromatic carboxylic acids is 1. The van der Waals surface area contributed by atoms with Crippen molar-refractivity contribution >= 4 is 11.9 Å². The zero-order chi connectivity index (χ0) is 15.4. The number of carboxylic acids is 1. The van der Waals surface area contributed by atoms with E-state index in [4.69, 9.17) is 5.11 Å². The van der Waals surface area contributed by atoms with Crippen molar-refractivity contribution in [2.75, 3.05) is 6.54 Å². The van der Waals surface area contributed by atoms with Gasteiger partial charge in [0.25, 0.3) is 0 Å². The molecule has 1 aliphatic carbocycles. The molecule has 1 amide bonds. The van der Waals surface area contributed by atoms with E-state index in [-0.39, 0.29) is 18.1 Å². The molecule has 1 aromatic heterocycles. The molecule has 21 heavy (non-hydrogen) atoms. The van der Waals surface area contributed by atoms with Crippen LogP contribution in [0, 0.1) is 5.92 Å². The molecule has 116 valence electrons. The standard InChI is InChI=1S/C14H22N4O3/c1-10(2)7-18(11-5-3-4-6-11)13(19)9-17-8-12(14(20)21)15-16-17/h8,10-11H,3-7,9H2,1-2H3,(H,20,21). The highest BCUT2D eigenvalue weighted by Crippen LogP contribution is 2.24.